The number of benzene rings is 1. The molecular formula is C15H24N2O4S. The lowest BCUT2D eigenvalue weighted by Gasteiger charge is -2.34. The zero-order valence-corrected chi connectivity index (χ0v) is 13.9. The first-order valence-electron chi connectivity index (χ1n) is 7.48. The van der Waals surface area contributed by atoms with E-state index in [1.807, 2.05) is 0 Å². The highest BCUT2D eigenvalue weighted by Crippen LogP contribution is 2.33. The molecule has 1 saturated heterocycles. The first kappa shape index (κ1) is 17.1. The summed E-state index contributed by atoms with van der Waals surface area (Å²) < 4.78 is 37.8. The van der Waals surface area contributed by atoms with Crippen LogP contribution in [-0.4, -0.2) is 46.1 Å². The van der Waals surface area contributed by atoms with Crippen LogP contribution in [0.15, 0.2) is 23.1 Å². The second-order valence-electron chi connectivity index (χ2n) is 5.36. The third-order valence-corrected chi connectivity index (χ3v) is 5.98. The second kappa shape index (κ2) is 7.30. The van der Waals surface area contributed by atoms with E-state index in [0.29, 0.717) is 31.0 Å². The maximum absolute atomic E-state index is 12.9. The lowest BCUT2D eigenvalue weighted by molar-refractivity contribution is 0.243. The minimum absolute atomic E-state index is 0.0168. The zero-order chi connectivity index (χ0) is 16.2. The molecule has 0 aliphatic carbocycles. The van der Waals surface area contributed by atoms with Gasteiger partial charge in [0.15, 0.2) is 11.5 Å². The minimum atomic E-state index is -3.55. The Balaban J connectivity index is 2.36. The maximum atomic E-state index is 12.9. The Morgan fingerprint density at radius 3 is 2.59 bits per heavy atom. The van der Waals surface area contributed by atoms with Crippen molar-refractivity contribution < 1.29 is 17.9 Å². The predicted molar refractivity (Wildman–Crippen MR) is 84.7 cm³/mol. The van der Waals surface area contributed by atoms with Gasteiger partial charge in [-0.05, 0) is 37.9 Å². The molecule has 1 aliphatic rings. The molecule has 1 aromatic carbocycles. The van der Waals surface area contributed by atoms with Crippen molar-refractivity contribution in [2.45, 2.75) is 36.6 Å². The predicted octanol–water partition coefficient (Wildman–Crippen LogP) is 1.60. The van der Waals surface area contributed by atoms with Gasteiger partial charge in [0.2, 0.25) is 10.0 Å². The summed E-state index contributed by atoms with van der Waals surface area (Å²) in [6.07, 6.45) is 3.48. The number of ether oxygens (including phenoxy) is 2. The van der Waals surface area contributed by atoms with Gasteiger partial charge in [-0.2, -0.15) is 4.31 Å². The molecule has 6 nitrogen and oxygen atoms in total. The van der Waals surface area contributed by atoms with Crippen LogP contribution in [0, 0.1) is 0 Å². The van der Waals surface area contributed by atoms with Crippen LogP contribution in [0.4, 0.5) is 0 Å². The number of nitrogens with two attached hydrogens (primary N) is 1. The van der Waals surface area contributed by atoms with E-state index in [2.05, 4.69) is 0 Å². The summed E-state index contributed by atoms with van der Waals surface area (Å²) in [7, 11) is -0.535. The van der Waals surface area contributed by atoms with Crippen LogP contribution < -0.4 is 15.2 Å². The lowest BCUT2D eigenvalue weighted by Crippen LogP contribution is -2.44. The molecule has 22 heavy (non-hydrogen) atoms. The second-order valence-corrected chi connectivity index (χ2v) is 7.25. The van der Waals surface area contributed by atoms with E-state index in [4.69, 9.17) is 15.2 Å². The van der Waals surface area contributed by atoms with E-state index in [1.54, 1.807) is 16.4 Å². The van der Waals surface area contributed by atoms with Crippen molar-refractivity contribution in [2.75, 3.05) is 27.3 Å². The number of methoxy groups -OCH3 is 2. The van der Waals surface area contributed by atoms with Gasteiger partial charge in [0.05, 0.1) is 19.1 Å². The molecule has 0 spiro atoms. The number of hydrogen-bond donors (Lipinski definition) is 1. The van der Waals surface area contributed by atoms with E-state index >= 15 is 0 Å². The quantitative estimate of drug-likeness (QED) is 0.857. The van der Waals surface area contributed by atoms with E-state index < -0.39 is 10.0 Å². The first-order valence-corrected chi connectivity index (χ1v) is 8.92. The van der Waals surface area contributed by atoms with Gasteiger partial charge in [0.1, 0.15) is 0 Å². The molecule has 124 valence electrons. The van der Waals surface area contributed by atoms with E-state index in [0.717, 1.165) is 19.3 Å². The molecule has 0 amide bonds. The van der Waals surface area contributed by atoms with Crippen LogP contribution in [0.1, 0.15) is 25.7 Å². The van der Waals surface area contributed by atoms with Crippen molar-refractivity contribution in [3.8, 4) is 11.5 Å². The summed E-state index contributed by atoms with van der Waals surface area (Å²) in [6, 6.07) is 4.68. The highest BCUT2D eigenvalue weighted by Gasteiger charge is 2.33. The van der Waals surface area contributed by atoms with Crippen molar-refractivity contribution in [3.63, 3.8) is 0 Å². The largest absolute Gasteiger partial charge is 0.493 e. The zero-order valence-electron chi connectivity index (χ0n) is 13.1. The fraction of sp³-hybridized carbons (Fsp3) is 0.600. The molecule has 1 aliphatic heterocycles. The number of piperidine rings is 1. The van der Waals surface area contributed by atoms with Crippen LogP contribution in [0.5, 0.6) is 11.5 Å². The Hall–Kier alpha value is -1.31. The monoisotopic (exact) mass is 328 g/mol. The van der Waals surface area contributed by atoms with Gasteiger partial charge in [-0.25, -0.2) is 8.42 Å². The van der Waals surface area contributed by atoms with E-state index in [9.17, 15) is 8.42 Å². The Bertz CT molecular complexity index is 602. The van der Waals surface area contributed by atoms with Crippen molar-refractivity contribution in [1.82, 2.24) is 4.31 Å². The number of hydrogen-bond acceptors (Lipinski definition) is 5. The van der Waals surface area contributed by atoms with Gasteiger partial charge < -0.3 is 15.2 Å². The normalized spacial score (nSPS) is 19.9. The fourth-order valence-corrected chi connectivity index (χ4v) is 4.62. The number of sulfonamides is 1. The Morgan fingerprint density at radius 2 is 1.95 bits per heavy atom. The first-order chi connectivity index (χ1) is 10.5. The highest BCUT2D eigenvalue weighted by molar-refractivity contribution is 7.89. The molecule has 0 saturated carbocycles. The van der Waals surface area contributed by atoms with Crippen LogP contribution in [0.2, 0.25) is 0 Å². The molecule has 7 heteroatoms. The van der Waals surface area contributed by atoms with Crippen molar-refractivity contribution in [2.24, 2.45) is 5.73 Å². The van der Waals surface area contributed by atoms with E-state index in [1.165, 1.54) is 20.3 Å². The summed E-state index contributed by atoms with van der Waals surface area (Å²) in [5, 5.41) is 0. The number of rotatable bonds is 6. The van der Waals surface area contributed by atoms with Crippen LogP contribution in [-0.2, 0) is 10.0 Å². The van der Waals surface area contributed by atoms with Crippen LogP contribution in [0.25, 0.3) is 0 Å². The molecule has 1 fully saturated rings. The Morgan fingerprint density at radius 1 is 1.23 bits per heavy atom. The molecular weight excluding hydrogens is 304 g/mol. The molecule has 0 radical (unpaired) electrons. The summed E-state index contributed by atoms with van der Waals surface area (Å²) in [5.74, 6) is 0.926. The third-order valence-electron chi connectivity index (χ3n) is 4.03. The van der Waals surface area contributed by atoms with Gasteiger partial charge in [-0.1, -0.05) is 6.42 Å². The van der Waals surface area contributed by atoms with E-state index in [-0.39, 0.29) is 10.9 Å². The average Bonchev–Trinajstić information content (AvgIpc) is 2.54. The van der Waals surface area contributed by atoms with Crippen molar-refractivity contribution in [1.29, 1.82) is 0 Å². The van der Waals surface area contributed by atoms with Crippen LogP contribution >= 0.6 is 0 Å². The molecule has 2 N–H and O–H groups in total. The van der Waals surface area contributed by atoms with Gasteiger partial charge in [0.25, 0.3) is 0 Å². The standard InChI is InChI=1S/C15H24N2O4S/c1-20-14-7-6-13(11-15(14)21-2)22(18,19)17-10-4-3-5-12(17)8-9-16/h6-7,11-12H,3-5,8-10,16H2,1-2H3. The van der Waals surface area contributed by atoms with Gasteiger partial charge >= 0.3 is 0 Å². The molecule has 1 aromatic rings. The van der Waals surface area contributed by atoms with Gasteiger partial charge in [-0.15, -0.1) is 0 Å². The summed E-state index contributed by atoms with van der Waals surface area (Å²) in [6.45, 7) is 1.03. The van der Waals surface area contributed by atoms with Gasteiger partial charge in [0, 0.05) is 18.7 Å². The molecule has 1 heterocycles. The Kier molecular flexibility index (Phi) is 5.66. The lowest BCUT2D eigenvalue weighted by atomic mass is 10.0. The minimum Gasteiger partial charge on any atom is -0.493 e. The summed E-state index contributed by atoms with van der Waals surface area (Å²) in [5.41, 5.74) is 5.63. The topological polar surface area (TPSA) is 81.9 Å². The Labute approximate surface area is 132 Å². The smallest absolute Gasteiger partial charge is 0.243 e. The van der Waals surface area contributed by atoms with Gasteiger partial charge in [-0.3, -0.25) is 0 Å². The summed E-state index contributed by atoms with van der Waals surface area (Å²) >= 11 is 0. The molecule has 0 aromatic heterocycles. The fourth-order valence-electron chi connectivity index (χ4n) is 2.88. The molecule has 0 bridgehead atoms. The van der Waals surface area contributed by atoms with Crippen LogP contribution in [0.3, 0.4) is 0 Å². The summed E-state index contributed by atoms with van der Waals surface area (Å²) in [4.78, 5) is 0.231. The molecule has 1 atom stereocenters. The third kappa shape index (κ3) is 3.37. The van der Waals surface area contributed by atoms with Crippen molar-refractivity contribution in [3.05, 3.63) is 18.2 Å². The maximum Gasteiger partial charge on any atom is 0.243 e. The SMILES string of the molecule is COc1ccc(S(=O)(=O)N2CCCCC2CCN)cc1OC. The van der Waals surface area contributed by atoms with Crippen molar-refractivity contribution >= 4 is 10.0 Å². The number of nitrogens with zero attached hydrogens (tertiary/aromatic N) is 1. The highest BCUT2D eigenvalue weighted by atomic mass is 32.2. The molecule has 1 unspecified atom stereocenters. The molecule has 2 rings (SSSR count). The average molecular weight is 328 g/mol.